The molecule has 0 saturated carbocycles. The largest absolute Gasteiger partial charge is 0.338 e. The third-order valence-corrected chi connectivity index (χ3v) is 3.76. The molecule has 2 rings (SSSR count). The molecule has 1 amide bonds. The van der Waals surface area contributed by atoms with Gasteiger partial charge in [0.1, 0.15) is 5.01 Å². The number of para-hydroxylation sites is 1. The molecule has 1 aromatic carbocycles. The van der Waals surface area contributed by atoms with Crippen LogP contribution in [0.15, 0.2) is 24.3 Å². The Morgan fingerprint density at radius 1 is 1.58 bits per heavy atom. The van der Waals surface area contributed by atoms with Crippen LogP contribution in [0.5, 0.6) is 0 Å². The Morgan fingerprint density at radius 2 is 2.32 bits per heavy atom. The summed E-state index contributed by atoms with van der Waals surface area (Å²) in [7, 11) is 1.71. The lowest BCUT2D eigenvalue weighted by Gasteiger charge is -2.18. The molecule has 0 aliphatic rings. The summed E-state index contributed by atoms with van der Waals surface area (Å²) in [5.74, 6) is 2.25. The number of thiazole rings is 1. The Kier molecular flexibility index (Phi) is 4.15. The maximum Gasteiger partial charge on any atom is 0.240 e. The van der Waals surface area contributed by atoms with Gasteiger partial charge in [0.2, 0.25) is 5.91 Å². The summed E-state index contributed by atoms with van der Waals surface area (Å²) in [6.07, 6.45) is 5.41. The Balaban J connectivity index is 2.08. The number of amides is 1. The number of carbonyl (C=O) groups excluding carboxylic acids is 1. The fourth-order valence-corrected chi connectivity index (χ4v) is 2.79. The summed E-state index contributed by atoms with van der Waals surface area (Å²) < 4.78 is 1.12. The summed E-state index contributed by atoms with van der Waals surface area (Å²) in [5, 5.41) is 0.893. The van der Waals surface area contributed by atoms with Crippen LogP contribution >= 0.6 is 11.3 Å². The molecule has 0 saturated heterocycles. The molecule has 0 bridgehead atoms. The summed E-state index contributed by atoms with van der Waals surface area (Å²) >= 11 is 1.58. The van der Waals surface area contributed by atoms with Crippen LogP contribution in [0.25, 0.3) is 10.2 Å². The van der Waals surface area contributed by atoms with Gasteiger partial charge in [-0.3, -0.25) is 4.79 Å². The highest BCUT2D eigenvalue weighted by Gasteiger charge is 2.18. The van der Waals surface area contributed by atoms with Crippen molar-refractivity contribution < 1.29 is 4.79 Å². The van der Waals surface area contributed by atoms with Gasteiger partial charge < -0.3 is 10.6 Å². The first-order valence-corrected chi connectivity index (χ1v) is 6.72. The van der Waals surface area contributed by atoms with Gasteiger partial charge >= 0.3 is 0 Å². The van der Waals surface area contributed by atoms with E-state index in [1.807, 2.05) is 24.3 Å². The van der Waals surface area contributed by atoms with E-state index in [0.29, 0.717) is 6.54 Å². The molecule has 1 aromatic heterocycles. The second-order valence-electron chi connectivity index (χ2n) is 4.28. The van der Waals surface area contributed by atoms with Crippen LogP contribution in [0.4, 0.5) is 0 Å². The molecule has 0 spiro atoms. The fourth-order valence-electron chi connectivity index (χ4n) is 1.77. The standard InChI is InChI=1S/C14H15N3OS/c1-3-6-10(15)14(18)17(2)9-13-16-11-7-4-5-8-12(11)19-13/h1,4-5,7-8,10H,6,9,15H2,2H3. The second-order valence-corrected chi connectivity index (χ2v) is 5.40. The Morgan fingerprint density at radius 3 is 3.00 bits per heavy atom. The third-order valence-electron chi connectivity index (χ3n) is 2.74. The van der Waals surface area contributed by atoms with E-state index in [2.05, 4.69) is 10.9 Å². The SMILES string of the molecule is C#CCC(N)C(=O)N(C)Cc1nc2ccccc2s1. The van der Waals surface area contributed by atoms with Crippen molar-refractivity contribution in [3.8, 4) is 12.3 Å². The van der Waals surface area contributed by atoms with Crippen LogP contribution in [0, 0.1) is 12.3 Å². The van der Waals surface area contributed by atoms with Crippen LogP contribution in [-0.2, 0) is 11.3 Å². The zero-order valence-corrected chi connectivity index (χ0v) is 11.5. The molecule has 2 aromatic rings. The van der Waals surface area contributed by atoms with Gasteiger partial charge in [0.15, 0.2) is 0 Å². The van der Waals surface area contributed by atoms with Gasteiger partial charge in [0.05, 0.1) is 22.8 Å². The number of carbonyl (C=O) groups is 1. The molecule has 2 N–H and O–H groups in total. The Hall–Kier alpha value is -1.90. The maximum absolute atomic E-state index is 11.9. The van der Waals surface area contributed by atoms with Gasteiger partial charge in [-0.15, -0.1) is 23.7 Å². The molecule has 5 heteroatoms. The van der Waals surface area contributed by atoms with Crippen LogP contribution in [0.3, 0.4) is 0 Å². The smallest absolute Gasteiger partial charge is 0.240 e. The lowest BCUT2D eigenvalue weighted by Crippen LogP contribution is -2.41. The lowest BCUT2D eigenvalue weighted by atomic mass is 10.2. The minimum absolute atomic E-state index is 0.155. The first kappa shape index (κ1) is 13.5. The number of nitrogens with zero attached hydrogens (tertiary/aromatic N) is 2. The van der Waals surface area contributed by atoms with Crippen LogP contribution in [0.2, 0.25) is 0 Å². The average Bonchev–Trinajstić information content (AvgIpc) is 2.80. The number of rotatable bonds is 4. The highest BCUT2D eigenvalue weighted by atomic mass is 32.1. The molecule has 1 heterocycles. The van der Waals surface area contributed by atoms with Gasteiger partial charge in [-0.05, 0) is 12.1 Å². The van der Waals surface area contributed by atoms with Gasteiger partial charge in [0, 0.05) is 13.5 Å². The van der Waals surface area contributed by atoms with E-state index in [1.54, 1.807) is 23.3 Å². The summed E-state index contributed by atoms with van der Waals surface area (Å²) in [4.78, 5) is 18.0. The van der Waals surface area contributed by atoms with Crippen LogP contribution in [0.1, 0.15) is 11.4 Å². The fraction of sp³-hybridized carbons (Fsp3) is 0.286. The molecular formula is C14H15N3OS. The molecule has 0 aliphatic carbocycles. The van der Waals surface area contributed by atoms with E-state index in [4.69, 9.17) is 12.2 Å². The van der Waals surface area contributed by atoms with Crippen molar-refractivity contribution in [2.24, 2.45) is 5.73 Å². The average molecular weight is 273 g/mol. The monoisotopic (exact) mass is 273 g/mol. The summed E-state index contributed by atoms with van der Waals surface area (Å²) in [6, 6.07) is 7.26. The first-order chi connectivity index (χ1) is 9.11. The number of terminal acetylenes is 1. The number of benzene rings is 1. The van der Waals surface area contributed by atoms with Crippen molar-refractivity contribution in [2.75, 3.05) is 7.05 Å². The van der Waals surface area contributed by atoms with Gasteiger partial charge in [-0.1, -0.05) is 12.1 Å². The van der Waals surface area contributed by atoms with Gasteiger partial charge in [-0.2, -0.15) is 0 Å². The molecule has 98 valence electrons. The van der Waals surface area contributed by atoms with Crippen molar-refractivity contribution in [2.45, 2.75) is 19.0 Å². The topological polar surface area (TPSA) is 59.2 Å². The summed E-state index contributed by atoms with van der Waals surface area (Å²) in [5.41, 5.74) is 6.66. The third kappa shape index (κ3) is 3.11. The molecule has 0 radical (unpaired) electrons. The van der Waals surface area contributed by atoms with Crippen molar-refractivity contribution >= 4 is 27.5 Å². The van der Waals surface area contributed by atoms with E-state index in [1.165, 1.54) is 0 Å². The number of hydrogen-bond acceptors (Lipinski definition) is 4. The zero-order chi connectivity index (χ0) is 13.8. The predicted octanol–water partition coefficient (Wildman–Crippen LogP) is 1.61. The van der Waals surface area contributed by atoms with Crippen LogP contribution in [-0.4, -0.2) is 28.9 Å². The highest BCUT2D eigenvalue weighted by Crippen LogP contribution is 2.22. The molecule has 0 aliphatic heterocycles. The lowest BCUT2D eigenvalue weighted by molar-refractivity contribution is -0.131. The van der Waals surface area contributed by atoms with Crippen molar-refractivity contribution in [3.05, 3.63) is 29.3 Å². The maximum atomic E-state index is 11.9. The van der Waals surface area contributed by atoms with Crippen molar-refractivity contribution in [1.29, 1.82) is 0 Å². The zero-order valence-electron chi connectivity index (χ0n) is 10.7. The predicted molar refractivity (Wildman–Crippen MR) is 77.5 cm³/mol. The van der Waals surface area contributed by atoms with Crippen molar-refractivity contribution in [3.63, 3.8) is 0 Å². The van der Waals surface area contributed by atoms with E-state index in [0.717, 1.165) is 15.2 Å². The molecule has 19 heavy (non-hydrogen) atoms. The van der Waals surface area contributed by atoms with Gasteiger partial charge in [-0.25, -0.2) is 4.98 Å². The number of fused-ring (bicyclic) bond motifs is 1. The molecule has 1 atom stereocenters. The highest BCUT2D eigenvalue weighted by molar-refractivity contribution is 7.18. The Labute approximate surface area is 116 Å². The number of likely N-dealkylation sites (N-methyl/N-ethyl adjacent to an activating group) is 1. The molecule has 4 nitrogen and oxygen atoms in total. The first-order valence-electron chi connectivity index (χ1n) is 5.90. The molecule has 0 fully saturated rings. The number of hydrogen-bond donors (Lipinski definition) is 1. The van der Waals surface area contributed by atoms with E-state index < -0.39 is 6.04 Å². The van der Waals surface area contributed by atoms with E-state index >= 15 is 0 Å². The molecular weight excluding hydrogens is 258 g/mol. The normalized spacial score (nSPS) is 12.1. The molecule has 1 unspecified atom stereocenters. The van der Waals surface area contributed by atoms with E-state index in [9.17, 15) is 4.79 Å². The Bertz CT molecular complexity index is 596. The second kappa shape index (κ2) is 5.83. The minimum atomic E-state index is -0.635. The summed E-state index contributed by atoms with van der Waals surface area (Å²) in [6.45, 7) is 0.455. The minimum Gasteiger partial charge on any atom is -0.338 e. The number of aromatic nitrogens is 1. The van der Waals surface area contributed by atoms with Gasteiger partial charge in [0.25, 0.3) is 0 Å². The van der Waals surface area contributed by atoms with Crippen molar-refractivity contribution in [1.82, 2.24) is 9.88 Å². The quantitative estimate of drug-likeness (QED) is 0.861. The van der Waals surface area contributed by atoms with E-state index in [-0.39, 0.29) is 12.3 Å². The number of nitrogens with two attached hydrogens (primary N) is 1. The van der Waals surface area contributed by atoms with Crippen LogP contribution < -0.4 is 5.73 Å².